The smallest absolute Gasteiger partial charge is 0.323 e. The molecule has 2 rings (SSSR count). The van der Waals surface area contributed by atoms with Crippen LogP contribution >= 0.6 is 0 Å². The molecule has 2 aromatic rings. The molecule has 5 nitrogen and oxygen atoms in total. The molecule has 0 saturated heterocycles. The van der Waals surface area contributed by atoms with Crippen LogP contribution in [0.1, 0.15) is 11.1 Å². The van der Waals surface area contributed by atoms with Crippen LogP contribution in [0.5, 0.6) is 0 Å². The minimum absolute atomic E-state index is 0.211. The van der Waals surface area contributed by atoms with Gasteiger partial charge in [-0.05, 0) is 48.5 Å². The van der Waals surface area contributed by atoms with Gasteiger partial charge < -0.3 is 10.0 Å². The zero-order valence-electron chi connectivity index (χ0n) is 11.0. The maximum atomic E-state index is 11.1. The lowest BCUT2D eigenvalue weighted by molar-refractivity contribution is -0.135. The summed E-state index contributed by atoms with van der Waals surface area (Å²) in [4.78, 5) is 12.7. The van der Waals surface area contributed by atoms with Crippen LogP contribution in [-0.2, 0) is 4.79 Å². The molecule has 1 N–H and O–H groups in total. The van der Waals surface area contributed by atoms with E-state index in [0.29, 0.717) is 22.5 Å². The Bertz CT molecular complexity index is 665. The van der Waals surface area contributed by atoms with Crippen molar-refractivity contribution in [2.75, 3.05) is 11.4 Å². The molecular formula is C16H11N3O2. The number of benzene rings is 2. The SMILES string of the molecule is N#Cc1ccc(N(CC(=O)O)c2ccc(C#N)cc2)cc1. The molecule has 21 heavy (non-hydrogen) atoms. The Morgan fingerprint density at radius 3 is 1.57 bits per heavy atom. The second kappa shape index (κ2) is 6.23. The van der Waals surface area contributed by atoms with Gasteiger partial charge in [-0.15, -0.1) is 0 Å². The Labute approximate surface area is 121 Å². The minimum Gasteiger partial charge on any atom is -0.480 e. The molecule has 0 saturated carbocycles. The summed E-state index contributed by atoms with van der Waals surface area (Å²) in [7, 11) is 0. The van der Waals surface area contributed by atoms with E-state index in [4.69, 9.17) is 15.6 Å². The van der Waals surface area contributed by atoms with Crippen molar-refractivity contribution in [3.05, 3.63) is 59.7 Å². The number of carboxylic acids is 1. The number of hydrogen-bond donors (Lipinski definition) is 1. The third-order valence-corrected chi connectivity index (χ3v) is 2.91. The number of carbonyl (C=O) groups is 1. The van der Waals surface area contributed by atoms with Crippen LogP contribution < -0.4 is 4.90 Å². The summed E-state index contributed by atoms with van der Waals surface area (Å²) in [5, 5.41) is 26.7. The van der Waals surface area contributed by atoms with Gasteiger partial charge in [0.15, 0.2) is 0 Å². The highest BCUT2D eigenvalue weighted by molar-refractivity contribution is 5.78. The summed E-state index contributed by atoms with van der Waals surface area (Å²) in [6.07, 6.45) is 0. The minimum atomic E-state index is -0.969. The van der Waals surface area contributed by atoms with E-state index in [9.17, 15) is 4.79 Å². The molecule has 0 spiro atoms. The van der Waals surface area contributed by atoms with Gasteiger partial charge in [-0.1, -0.05) is 0 Å². The van der Waals surface area contributed by atoms with Crippen LogP contribution in [0.25, 0.3) is 0 Å². The van der Waals surface area contributed by atoms with Gasteiger partial charge in [-0.2, -0.15) is 10.5 Å². The van der Waals surface area contributed by atoms with Crippen molar-refractivity contribution in [3.8, 4) is 12.1 Å². The van der Waals surface area contributed by atoms with E-state index in [-0.39, 0.29) is 6.54 Å². The van der Waals surface area contributed by atoms with Gasteiger partial charge in [-0.25, -0.2) is 0 Å². The first-order valence-corrected chi connectivity index (χ1v) is 6.13. The van der Waals surface area contributed by atoms with E-state index in [1.165, 1.54) is 0 Å². The van der Waals surface area contributed by atoms with E-state index in [0.717, 1.165) is 0 Å². The summed E-state index contributed by atoms with van der Waals surface area (Å²) in [5.41, 5.74) is 2.35. The molecule has 0 aliphatic rings. The molecule has 0 fully saturated rings. The van der Waals surface area contributed by atoms with Gasteiger partial charge >= 0.3 is 5.97 Å². The van der Waals surface area contributed by atoms with Gasteiger partial charge in [0, 0.05) is 11.4 Å². The Kier molecular flexibility index (Phi) is 4.18. The molecule has 102 valence electrons. The molecule has 0 atom stereocenters. The highest BCUT2D eigenvalue weighted by atomic mass is 16.4. The first kappa shape index (κ1) is 14.1. The number of nitrogens with zero attached hydrogens (tertiary/aromatic N) is 3. The van der Waals surface area contributed by atoms with Crippen LogP contribution in [0, 0.1) is 22.7 Å². The maximum Gasteiger partial charge on any atom is 0.323 e. The van der Waals surface area contributed by atoms with Crippen LogP contribution in [0.2, 0.25) is 0 Å². The number of carboxylic acid groups (broad SMARTS) is 1. The second-order valence-corrected chi connectivity index (χ2v) is 4.30. The fourth-order valence-electron chi connectivity index (χ4n) is 1.90. The molecule has 0 radical (unpaired) electrons. The van der Waals surface area contributed by atoms with Crippen LogP contribution in [0.4, 0.5) is 11.4 Å². The first-order chi connectivity index (χ1) is 10.1. The predicted molar refractivity (Wildman–Crippen MR) is 77.0 cm³/mol. The second-order valence-electron chi connectivity index (χ2n) is 4.30. The number of nitriles is 2. The topological polar surface area (TPSA) is 88.1 Å². The molecular weight excluding hydrogens is 266 g/mol. The summed E-state index contributed by atoms with van der Waals surface area (Å²) < 4.78 is 0. The average Bonchev–Trinajstić information content (AvgIpc) is 2.53. The molecule has 0 aliphatic carbocycles. The fraction of sp³-hybridized carbons (Fsp3) is 0.0625. The van der Waals surface area contributed by atoms with E-state index in [2.05, 4.69) is 0 Å². The zero-order chi connectivity index (χ0) is 15.2. The fourth-order valence-corrected chi connectivity index (χ4v) is 1.90. The van der Waals surface area contributed by atoms with Gasteiger partial charge in [0.05, 0.1) is 23.3 Å². The summed E-state index contributed by atoms with van der Waals surface area (Å²) in [6.45, 7) is -0.211. The molecule has 2 aromatic carbocycles. The third kappa shape index (κ3) is 3.37. The Morgan fingerprint density at radius 2 is 1.29 bits per heavy atom. The van der Waals surface area contributed by atoms with Crippen molar-refractivity contribution in [3.63, 3.8) is 0 Å². The van der Waals surface area contributed by atoms with E-state index >= 15 is 0 Å². The zero-order valence-corrected chi connectivity index (χ0v) is 11.0. The van der Waals surface area contributed by atoms with E-state index in [1.54, 1.807) is 53.4 Å². The lowest BCUT2D eigenvalue weighted by Gasteiger charge is -2.23. The van der Waals surface area contributed by atoms with Crippen molar-refractivity contribution in [1.29, 1.82) is 10.5 Å². The normalized spacial score (nSPS) is 9.43. The van der Waals surface area contributed by atoms with Crippen molar-refractivity contribution < 1.29 is 9.90 Å². The van der Waals surface area contributed by atoms with Crippen molar-refractivity contribution >= 4 is 17.3 Å². The molecule has 0 bridgehead atoms. The molecule has 0 aliphatic heterocycles. The van der Waals surface area contributed by atoms with Crippen LogP contribution in [0.3, 0.4) is 0 Å². The van der Waals surface area contributed by atoms with Crippen molar-refractivity contribution in [2.45, 2.75) is 0 Å². The van der Waals surface area contributed by atoms with Crippen LogP contribution in [-0.4, -0.2) is 17.6 Å². The van der Waals surface area contributed by atoms with Crippen molar-refractivity contribution in [1.82, 2.24) is 0 Å². The third-order valence-electron chi connectivity index (χ3n) is 2.91. The maximum absolute atomic E-state index is 11.1. The predicted octanol–water partition coefficient (Wildman–Crippen LogP) is 2.65. The quantitative estimate of drug-likeness (QED) is 0.928. The molecule has 0 aromatic heterocycles. The van der Waals surface area contributed by atoms with Gasteiger partial charge in [0.25, 0.3) is 0 Å². The first-order valence-electron chi connectivity index (χ1n) is 6.13. The largest absolute Gasteiger partial charge is 0.480 e. The van der Waals surface area contributed by atoms with E-state index in [1.807, 2.05) is 12.1 Å². The summed E-state index contributed by atoms with van der Waals surface area (Å²) in [5.74, 6) is -0.969. The Balaban J connectivity index is 2.39. The molecule has 0 unspecified atom stereocenters. The lowest BCUT2D eigenvalue weighted by Crippen LogP contribution is -2.24. The number of anilines is 2. The number of aliphatic carboxylic acids is 1. The molecule has 0 amide bonds. The average molecular weight is 277 g/mol. The summed E-state index contributed by atoms with van der Waals surface area (Å²) >= 11 is 0. The Morgan fingerprint density at radius 1 is 0.905 bits per heavy atom. The molecule has 5 heteroatoms. The van der Waals surface area contributed by atoms with Crippen molar-refractivity contribution in [2.24, 2.45) is 0 Å². The highest BCUT2D eigenvalue weighted by Gasteiger charge is 2.13. The lowest BCUT2D eigenvalue weighted by atomic mass is 10.1. The molecule has 0 heterocycles. The number of hydrogen-bond acceptors (Lipinski definition) is 4. The highest BCUT2D eigenvalue weighted by Crippen LogP contribution is 2.25. The van der Waals surface area contributed by atoms with Gasteiger partial charge in [-0.3, -0.25) is 4.79 Å². The summed E-state index contributed by atoms with van der Waals surface area (Å²) in [6, 6.07) is 17.3. The van der Waals surface area contributed by atoms with Gasteiger partial charge in [0.2, 0.25) is 0 Å². The van der Waals surface area contributed by atoms with Gasteiger partial charge in [0.1, 0.15) is 6.54 Å². The standard InChI is InChI=1S/C16H11N3O2/c17-9-12-1-5-14(6-2-12)19(11-16(20)21)15-7-3-13(10-18)4-8-15/h1-8H,11H2,(H,20,21). The van der Waals surface area contributed by atoms with Crippen LogP contribution in [0.15, 0.2) is 48.5 Å². The van der Waals surface area contributed by atoms with E-state index < -0.39 is 5.97 Å². The number of rotatable bonds is 4. The monoisotopic (exact) mass is 277 g/mol. The Hall–Kier alpha value is -3.31.